The van der Waals surface area contributed by atoms with Crippen LogP contribution >= 0.6 is 0 Å². The van der Waals surface area contributed by atoms with Gasteiger partial charge in [-0.1, -0.05) is 35.5 Å². The first-order valence-corrected chi connectivity index (χ1v) is 10.1. The number of β-amino-alcohol motifs (C(OH)–C–C–N with tert-alkyl or cyclic N) is 1. The Morgan fingerprint density at radius 1 is 1.19 bits per heavy atom. The van der Waals surface area contributed by atoms with Gasteiger partial charge in [-0.25, -0.2) is 0 Å². The lowest BCUT2D eigenvalue weighted by Gasteiger charge is -2.47. The van der Waals surface area contributed by atoms with Crippen LogP contribution in [0.4, 0.5) is 0 Å². The molecule has 1 amide bonds. The van der Waals surface area contributed by atoms with E-state index in [1.807, 2.05) is 23.1 Å². The molecule has 0 unspecified atom stereocenters. The molecule has 0 radical (unpaired) electrons. The average molecular weight is 371 g/mol. The first-order chi connectivity index (χ1) is 13.2. The van der Waals surface area contributed by atoms with Crippen molar-refractivity contribution in [2.45, 2.75) is 38.2 Å². The summed E-state index contributed by atoms with van der Waals surface area (Å²) in [5.74, 6) is 0.196. The number of hydrogen-bond acceptors (Lipinski definition) is 5. The van der Waals surface area contributed by atoms with E-state index in [1.165, 1.54) is 0 Å². The van der Waals surface area contributed by atoms with Crippen LogP contribution in [-0.2, 0) is 9.63 Å². The van der Waals surface area contributed by atoms with Crippen molar-refractivity contribution in [3.05, 3.63) is 35.9 Å². The number of oxime groups is 1. The molecule has 4 rings (SSSR count). The van der Waals surface area contributed by atoms with Crippen LogP contribution in [0.2, 0.25) is 0 Å². The van der Waals surface area contributed by atoms with Gasteiger partial charge in [-0.3, -0.25) is 9.69 Å². The quantitative estimate of drug-likeness (QED) is 0.858. The maximum Gasteiger partial charge on any atom is 0.222 e. The van der Waals surface area contributed by atoms with Gasteiger partial charge in [-0.15, -0.1) is 0 Å². The van der Waals surface area contributed by atoms with Gasteiger partial charge in [-0.05, 0) is 43.3 Å². The van der Waals surface area contributed by atoms with Crippen LogP contribution < -0.4 is 0 Å². The molecule has 27 heavy (non-hydrogen) atoms. The Balaban J connectivity index is 1.26. The third kappa shape index (κ3) is 4.17. The Morgan fingerprint density at radius 3 is 2.70 bits per heavy atom. The number of benzene rings is 1. The van der Waals surface area contributed by atoms with Gasteiger partial charge >= 0.3 is 0 Å². The zero-order chi connectivity index (χ0) is 18.7. The molecule has 3 aliphatic rings. The molecule has 0 aromatic heterocycles. The summed E-state index contributed by atoms with van der Waals surface area (Å²) >= 11 is 0. The van der Waals surface area contributed by atoms with Crippen molar-refractivity contribution in [3.8, 4) is 0 Å². The number of nitrogens with zero attached hydrogens (tertiary/aromatic N) is 3. The van der Waals surface area contributed by atoms with Gasteiger partial charge in [0.1, 0.15) is 6.10 Å². The Bertz CT molecular complexity index is 683. The van der Waals surface area contributed by atoms with Crippen LogP contribution in [0.5, 0.6) is 0 Å². The number of hydrogen-bond donors (Lipinski definition) is 1. The minimum absolute atomic E-state index is 0.0523. The summed E-state index contributed by atoms with van der Waals surface area (Å²) in [4.78, 5) is 22.1. The highest BCUT2D eigenvalue weighted by Gasteiger charge is 2.41. The second-order valence-corrected chi connectivity index (χ2v) is 8.18. The number of amides is 1. The highest BCUT2D eigenvalue weighted by atomic mass is 16.6. The molecule has 0 saturated carbocycles. The first kappa shape index (κ1) is 18.4. The topological polar surface area (TPSA) is 65.4 Å². The molecule has 1 aromatic carbocycles. The lowest BCUT2D eigenvalue weighted by molar-refractivity contribution is -0.139. The van der Waals surface area contributed by atoms with Crippen LogP contribution in [0.15, 0.2) is 35.5 Å². The van der Waals surface area contributed by atoms with Gasteiger partial charge in [0.05, 0.1) is 12.3 Å². The molecule has 0 aliphatic carbocycles. The number of aliphatic hydroxyl groups is 1. The van der Waals surface area contributed by atoms with Crippen LogP contribution in [0, 0.1) is 5.41 Å². The average Bonchev–Trinajstić information content (AvgIpc) is 3.16. The maximum absolute atomic E-state index is 12.0. The highest BCUT2D eigenvalue weighted by Crippen LogP contribution is 2.40. The van der Waals surface area contributed by atoms with Gasteiger partial charge in [0.2, 0.25) is 5.91 Å². The van der Waals surface area contributed by atoms with Gasteiger partial charge < -0.3 is 14.8 Å². The molecule has 1 N–H and O–H groups in total. The minimum Gasteiger partial charge on any atom is -0.395 e. The summed E-state index contributed by atoms with van der Waals surface area (Å²) < 4.78 is 0. The van der Waals surface area contributed by atoms with Crippen LogP contribution in [-0.4, -0.2) is 72.0 Å². The summed E-state index contributed by atoms with van der Waals surface area (Å²) in [5.41, 5.74) is 2.43. The molecule has 2 saturated heterocycles. The van der Waals surface area contributed by atoms with Crippen molar-refractivity contribution < 1.29 is 14.7 Å². The first-order valence-electron chi connectivity index (χ1n) is 10.1. The van der Waals surface area contributed by atoms with E-state index >= 15 is 0 Å². The number of aliphatic hydroxyl groups excluding tert-OH is 1. The molecule has 6 nitrogen and oxygen atoms in total. The van der Waals surface area contributed by atoms with Crippen LogP contribution in [0.3, 0.4) is 0 Å². The largest absolute Gasteiger partial charge is 0.395 e. The third-order valence-electron chi connectivity index (χ3n) is 6.34. The lowest BCUT2D eigenvalue weighted by Crippen LogP contribution is -2.52. The van der Waals surface area contributed by atoms with E-state index in [1.54, 1.807) is 0 Å². The fourth-order valence-corrected chi connectivity index (χ4v) is 4.66. The van der Waals surface area contributed by atoms with E-state index < -0.39 is 0 Å². The normalized spacial score (nSPS) is 25.5. The van der Waals surface area contributed by atoms with E-state index in [0.717, 1.165) is 63.1 Å². The summed E-state index contributed by atoms with van der Waals surface area (Å²) in [6.07, 6.45) is 4.84. The number of carbonyl (C=O) groups excluding carboxylic acids is 1. The number of carbonyl (C=O) groups is 1. The van der Waals surface area contributed by atoms with Crippen molar-refractivity contribution in [2.24, 2.45) is 10.6 Å². The number of piperidine rings is 2. The summed E-state index contributed by atoms with van der Waals surface area (Å²) in [6, 6.07) is 10.2. The van der Waals surface area contributed by atoms with Crippen molar-refractivity contribution in [3.63, 3.8) is 0 Å². The van der Waals surface area contributed by atoms with Gasteiger partial charge in [0.25, 0.3) is 0 Å². The maximum atomic E-state index is 12.0. The van der Waals surface area contributed by atoms with E-state index in [0.29, 0.717) is 13.0 Å². The smallest absolute Gasteiger partial charge is 0.222 e. The van der Waals surface area contributed by atoms with Crippen molar-refractivity contribution in [1.29, 1.82) is 0 Å². The fraction of sp³-hybridized carbons (Fsp3) is 0.619. The molecule has 146 valence electrons. The molecular formula is C21H29N3O3. The van der Waals surface area contributed by atoms with E-state index in [-0.39, 0.29) is 24.0 Å². The van der Waals surface area contributed by atoms with Gasteiger partial charge in [-0.2, -0.15) is 0 Å². The zero-order valence-electron chi connectivity index (χ0n) is 15.8. The molecule has 3 aliphatic heterocycles. The van der Waals surface area contributed by atoms with Crippen molar-refractivity contribution in [2.75, 3.05) is 39.3 Å². The molecule has 0 bridgehead atoms. The Morgan fingerprint density at radius 2 is 1.96 bits per heavy atom. The minimum atomic E-state index is 0.0523. The Hall–Kier alpha value is -1.92. The third-order valence-corrected chi connectivity index (χ3v) is 6.34. The van der Waals surface area contributed by atoms with Crippen LogP contribution in [0.1, 0.15) is 37.7 Å². The second kappa shape index (κ2) is 7.98. The number of rotatable bonds is 5. The lowest BCUT2D eigenvalue weighted by atomic mass is 9.72. The zero-order valence-corrected chi connectivity index (χ0v) is 15.8. The molecule has 1 aromatic rings. The molecule has 2 fully saturated rings. The Labute approximate surface area is 160 Å². The molecular weight excluding hydrogens is 342 g/mol. The predicted octanol–water partition coefficient (Wildman–Crippen LogP) is 1.88. The standard InChI is InChI=1S/C21H29N3O3/c25-13-12-24-16-21(7-6-20(24)26)8-10-23(11-9-21)15-18-14-19(22-27-18)17-4-2-1-3-5-17/h1-5,18,25H,6-16H2/t18-/m1/s1. The predicted molar refractivity (Wildman–Crippen MR) is 103 cm³/mol. The van der Waals surface area contributed by atoms with E-state index in [4.69, 9.17) is 4.84 Å². The molecule has 1 spiro atoms. The van der Waals surface area contributed by atoms with E-state index in [2.05, 4.69) is 22.2 Å². The van der Waals surface area contributed by atoms with Gasteiger partial charge in [0.15, 0.2) is 0 Å². The van der Waals surface area contributed by atoms with Gasteiger partial charge in [0, 0.05) is 32.5 Å². The summed E-state index contributed by atoms with van der Waals surface area (Å²) in [7, 11) is 0. The Kier molecular flexibility index (Phi) is 5.45. The molecule has 3 heterocycles. The molecule has 1 atom stereocenters. The molecule has 6 heteroatoms. The second-order valence-electron chi connectivity index (χ2n) is 8.18. The summed E-state index contributed by atoms with van der Waals surface area (Å²) in [5, 5.41) is 13.5. The fourth-order valence-electron chi connectivity index (χ4n) is 4.66. The van der Waals surface area contributed by atoms with Crippen molar-refractivity contribution >= 4 is 11.6 Å². The highest BCUT2D eigenvalue weighted by molar-refractivity contribution is 6.01. The summed E-state index contributed by atoms with van der Waals surface area (Å²) in [6.45, 7) is 4.33. The van der Waals surface area contributed by atoms with Crippen LogP contribution in [0.25, 0.3) is 0 Å². The number of likely N-dealkylation sites (tertiary alicyclic amines) is 2. The monoisotopic (exact) mass is 371 g/mol. The van der Waals surface area contributed by atoms with E-state index in [9.17, 15) is 9.90 Å². The SMILES string of the molecule is O=C1CCC2(CCN(C[C@H]3CC(c4ccccc4)=NO3)CC2)CN1CCO. The van der Waals surface area contributed by atoms with Crippen molar-refractivity contribution in [1.82, 2.24) is 9.80 Å².